The van der Waals surface area contributed by atoms with Gasteiger partial charge in [-0.3, -0.25) is 14.5 Å². The van der Waals surface area contributed by atoms with Crippen LogP contribution in [0.5, 0.6) is 11.5 Å². The SMILES string of the molecule is CCOc1cc(/C=C2/C(=O)N(CC(C)C)C(=O)C(C#N)=C2C)ccc1OCC(C)C. The minimum Gasteiger partial charge on any atom is -0.490 e. The maximum absolute atomic E-state index is 13.0. The molecule has 0 unspecified atom stereocenters. The Morgan fingerprint density at radius 3 is 2.33 bits per heavy atom. The molecule has 6 heteroatoms. The maximum atomic E-state index is 13.0. The molecule has 1 heterocycles. The standard InChI is InChI=1S/C24H30N2O4/c1-7-29-22-11-18(8-9-21(22)30-14-16(4)5)10-19-17(6)20(12-25)24(28)26(23(19)27)13-15(2)3/h8-11,15-16H,7,13-14H2,1-6H3/b19-10+. The Bertz CT molecular complexity index is 920. The number of amides is 2. The number of carbonyl (C=O) groups is 2. The Balaban J connectivity index is 2.49. The monoisotopic (exact) mass is 410 g/mol. The molecule has 1 aliphatic heterocycles. The van der Waals surface area contributed by atoms with Gasteiger partial charge in [0.15, 0.2) is 11.5 Å². The zero-order chi connectivity index (χ0) is 22.4. The highest BCUT2D eigenvalue weighted by Gasteiger charge is 2.35. The lowest BCUT2D eigenvalue weighted by atomic mass is 9.93. The average molecular weight is 411 g/mol. The van der Waals surface area contributed by atoms with E-state index in [0.717, 1.165) is 10.5 Å². The highest BCUT2D eigenvalue weighted by atomic mass is 16.5. The summed E-state index contributed by atoms with van der Waals surface area (Å²) < 4.78 is 11.5. The third kappa shape index (κ3) is 5.29. The number of rotatable bonds is 8. The van der Waals surface area contributed by atoms with E-state index in [1.54, 1.807) is 13.0 Å². The van der Waals surface area contributed by atoms with Crippen LogP contribution >= 0.6 is 0 Å². The van der Waals surface area contributed by atoms with Gasteiger partial charge in [0, 0.05) is 12.1 Å². The van der Waals surface area contributed by atoms with Crippen LogP contribution in [0.3, 0.4) is 0 Å². The molecule has 0 radical (unpaired) electrons. The summed E-state index contributed by atoms with van der Waals surface area (Å²) in [4.78, 5) is 26.8. The predicted molar refractivity (Wildman–Crippen MR) is 116 cm³/mol. The molecule has 30 heavy (non-hydrogen) atoms. The van der Waals surface area contributed by atoms with Crippen molar-refractivity contribution in [1.29, 1.82) is 5.26 Å². The van der Waals surface area contributed by atoms with Crippen LogP contribution in [0.4, 0.5) is 0 Å². The molecule has 1 aromatic carbocycles. The first kappa shape index (κ1) is 23.2. The zero-order valence-electron chi connectivity index (χ0n) is 18.6. The molecule has 0 aliphatic carbocycles. The van der Waals surface area contributed by atoms with E-state index in [-0.39, 0.29) is 23.9 Å². The number of nitrogens with zero attached hydrogens (tertiary/aromatic N) is 2. The lowest BCUT2D eigenvalue weighted by Crippen LogP contribution is -2.44. The normalized spacial score (nSPS) is 16.0. The summed E-state index contributed by atoms with van der Waals surface area (Å²) >= 11 is 0. The van der Waals surface area contributed by atoms with Gasteiger partial charge in [0.1, 0.15) is 11.6 Å². The van der Waals surface area contributed by atoms with Crippen molar-refractivity contribution in [3.63, 3.8) is 0 Å². The molecule has 0 saturated heterocycles. The van der Waals surface area contributed by atoms with E-state index in [0.29, 0.717) is 41.8 Å². The molecule has 0 saturated carbocycles. The first-order chi connectivity index (χ1) is 14.2. The maximum Gasteiger partial charge on any atom is 0.271 e. The Labute approximate surface area is 178 Å². The molecule has 0 N–H and O–H groups in total. The highest BCUT2D eigenvalue weighted by Crippen LogP contribution is 2.32. The van der Waals surface area contributed by atoms with Crippen LogP contribution in [0.25, 0.3) is 6.08 Å². The fraction of sp³-hybridized carbons (Fsp3) is 0.458. The van der Waals surface area contributed by atoms with Crippen molar-refractivity contribution in [2.75, 3.05) is 19.8 Å². The lowest BCUT2D eigenvalue weighted by Gasteiger charge is -2.28. The molecule has 2 amide bonds. The van der Waals surface area contributed by atoms with Gasteiger partial charge in [-0.2, -0.15) is 5.26 Å². The van der Waals surface area contributed by atoms with E-state index in [2.05, 4.69) is 13.8 Å². The van der Waals surface area contributed by atoms with Crippen molar-refractivity contribution in [3.05, 3.63) is 40.5 Å². The highest BCUT2D eigenvalue weighted by molar-refractivity contribution is 6.19. The number of carbonyl (C=O) groups excluding carboxylic acids is 2. The molecular formula is C24H30N2O4. The van der Waals surface area contributed by atoms with Crippen molar-refractivity contribution >= 4 is 17.9 Å². The average Bonchev–Trinajstić information content (AvgIpc) is 2.68. The van der Waals surface area contributed by atoms with Gasteiger partial charge in [0.05, 0.1) is 13.2 Å². The summed E-state index contributed by atoms with van der Waals surface area (Å²) in [6.45, 7) is 12.8. The molecule has 1 aliphatic rings. The Hall–Kier alpha value is -3.07. The molecule has 6 nitrogen and oxygen atoms in total. The van der Waals surface area contributed by atoms with Gasteiger partial charge in [-0.15, -0.1) is 0 Å². The fourth-order valence-electron chi connectivity index (χ4n) is 3.09. The first-order valence-corrected chi connectivity index (χ1v) is 10.3. The number of hydrogen-bond acceptors (Lipinski definition) is 5. The third-order valence-electron chi connectivity index (χ3n) is 4.52. The summed E-state index contributed by atoms with van der Waals surface area (Å²) in [6.07, 6.45) is 1.70. The van der Waals surface area contributed by atoms with Crippen LogP contribution in [-0.4, -0.2) is 36.5 Å². The van der Waals surface area contributed by atoms with E-state index in [4.69, 9.17) is 9.47 Å². The second-order valence-electron chi connectivity index (χ2n) is 8.13. The second kappa shape index (κ2) is 10.1. The van der Waals surface area contributed by atoms with Crippen LogP contribution in [0.15, 0.2) is 34.9 Å². The minimum atomic E-state index is -0.529. The number of nitriles is 1. The van der Waals surface area contributed by atoms with Crippen LogP contribution < -0.4 is 9.47 Å². The van der Waals surface area contributed by atoms with E-state index in [1.165, 1.54) is 0 Å². The molecule has 0 aromatic heterocycles. The van der Waals surface area contributed by atoms with Gasteiger partial charge in [-0.1, -0.05) is 33.8 Å². The summed E-state index contributed by atoms with van der Waals surface area (Å²) in [5.74, 6) is 0.793. The van der Waals surface area contributed by atoms with Crippen molar-refractivity contribution < 1.29 is 19.1 Å². The summed E-state index contributed by atoms with van der Waals surface area (Å²) in [6, 6.07) is 7.42. The van der Waals surface area contributed by atoms with E-state index in [9.17, 15) is 14.9 Å². The fourth-order valence-corrected chi connectivity index (χ4v) is 3.09. The van der Waals surface area contributed by atoms with Gasteiger partial charge in [-0.05, 0) is 55.0 Å². The van der Waals surface area contributed by atoms with Gasteiger partial charge in [0.2, 0.25) is 0 Å². The van der Waals surface area contributed by atoms with Crippen LogP contribution in [-0.2, 0) is 9.59 Å². The lowest BCUT2D eigenvalue weighted by molar-refractivity contribution is -0.141. The number of hydrogen-bond donors (Lipinski definition) is 0. The molecular weight excluding hydrogens is 380 g/mol. The number of benzene rings is 1. The minimum absolute atomic E-state index is 0.00317. The topological polar surface area (TPSA) is 79.6 Å². The van der Waals surface area contributed by atoms with Crippen molar-refractivity contribution in [2.24, 2.45) is 11.8 Å². The van der Waals surface area contributed by atoms with E-state index < -0.39 is 5.91 Å². The van der Waals surface area contributed by atoms with E-state index in [1.807, 2.05) is 45.0 Å². The van der Waals surface area contributed by atoms with Crippen molar-refractivity contribution in [2.45, 2.75) is 41.5 Å². The molecule has 2 rings (SSSR count). The molecule has 0 bridgehead atoms. The second-order valence-corrected chi connectivity index (χ2v) is 8.13. The van der Waals surface area contributed by atoms with Crippen LogP contribution in [0.1, 0.15) is 47.1 Å². The predicted octanol–water partition coefficient (Wildman–Crippen LogP) is 4.37. The smallest absolute Gasteiger partial charge is 0.271 e. The number of ether oxygens (including phenoxy) is 2. The van der Waals surface area contributed by atoms with Gasteiger partial charge in [0.25, 0.3) is 11.8 Å². The van der Waals surface area contributed by atoms with Gasteiger partial charge < -0.3 is 9.47 Å². The van der Waals surface area contributed by atoms with E-state index >= 15 is 0 Å². The van der Waals surface area contributed by atoms with Crippen LogP contribution in [0, 0.1) is 23.2 Å². The third-order valence-corrected chi connectivity index (χ3v) is 4.52. The summed E-state index contributed by atoms with van der Waals surface area (Å²) in [5, 5.41) is 9.48. The zero-order valence-corrected chi connectivity index (χ0v) is 18.6. The largest absolute Gasteiger partial charge is 0.490 e. The van der Waals surface area contributed by atoms with Crippen LogP contribution in [0.2, 0.25) is 0 Å². The van der Waals surface area contributed by atoms with Crippen molar-refractivity contribution in [1.82, 2.24) is 4.90 Å². The molecule has 1 aromatic rings. The Morgan fingerprint density at radius 2 is 1.77 bits per heavy atom. The first-order valence-electron chi connectivity index (χ1n) is 10.3. The summed E-state index contributed by atoms with van der Waals surface area (Å²) in [5.41, 5.74) is 1.47. The molecule has 0 spiro atoms. The Morgan fingerprint density at radius 1 is 1.07 bits per heavy atom. The van der Waals surface area contributed by atoms with Gasteiger partial charge >= 0.3 is 0 Å². The van der Waals surface area contributed by atoms with Crippen molar-refractivity contribution in [3.8, 4) is 17.6 Å². The quantitative estimate of drug-likeness (QED) is 0.470. The Kier molecular flexibility index (Phi) is 7.82. The molecule has 0 fully saturated rings. The van der Waals surface area contributed by atoms with Gasteiger partial charge in [-0.25, -0.2) is 0 Å². The number of imide groups is 1. The summed E-state index contributed by atoms with van der Waals surface area (Å²) in [7, 11) is 0. The molecule has 0 atom stereocenters. The molecule has 160 valence electrons.